The van der Waals surface area contributed by atoms with Crippen molar-refractivity contribution in [3.63, 3.8) is 0 Å². The van der Waals surface area contributed by atoms with Crippen molar-refractivity contribution >= 4 is 64.0 Å². The number of aliphatic hydroxyl groups is 1. The van der Waals surface area contributed by atoms with Gasteiger partial charge < -0.3 is 50.4 Å². The molecule has 0 aliphatic carbocycles. The summed E-state index contributed by atoms with van der Waals surface area (Å²) < 4.78 is 63.8. The molecule has 5 aromatic rings. The monoisotopic (exact) mass is 1210 g/mol. The number of likely N-dealkylation sites (tertiary alicyclic amines) is 1. The topological polar surface area (TPSA) is 256 Å². The number of aromatic nitrogens is 4. The van der Waals surface area contributed by atoms with Gasteiger partial charge in [-0.2, -0.15) is 13.2 Å². The van der Waals surface area contributed by atoms with Crippen LogP contribution in [0.5, 0.6) is 0 Å². The zero-order chi connectivity index (χ0) is 62.2. The van der Waals surface area contributed by atoms with Gasteiger partial charge in [-0.3, -0.25) is 38.5 Å². The minimum atomic E-state index is -5.02. The average molecular weight is 1220 g/mol. The number of ether oxygens (including phenoxy) is 1. The van der Waals surface area contributed by atoms with Crippen LogP contribution in [0.25, 0.3) is 21.6 Å². The van der Waals surface area contributed by atoms with Crippen LogP contribution in [-0.4, -0.2) is 172 Å². The number of anilines is 3. The van der Waals surface area contributed by atoms with E-state index < -0.39 is 58.1 Å². The normalized spacial score (nSPS) is 18.9. The molecule has 2 aromatic carbocycles. The molecule has 3 fully saturated rings. The first-order chi connectivity index (χ1) is 40.7. The number of nitrogens with zero attached hydrogens (tertiary/aromatic N) is 8. The second-order valence-electron chi connectivity index (χ2n) is 23.3. The zero-order valence-electron chi connectivity index (χ0n) is 49.3. The molecular weight excluding hydrogens is 1140 g/mol. The van der Waals surface area contributed by atoms with Gasteiger partial charge in [-0.1, -0.05) is 45.0 Å². The molecule has 3 aliphatic heterocycles. The molecule has 5 N–H and O–H groups in total. The number of hydrogen-bond acceptors (Lipinski definition) is 16. The van der Waals surface area contributed by atoms with Gasteiger partial charge in [0.25, 0.3) is 5.91 Å². The average Bonchev–Trinajstić information content (AvgIpc) is 1.61. The predicted octanol–water partition coefficient (Wildman–Crippen LogP) is 6.05. The van der Waals surface area contributed by atoms with Gasteiger partial charge in [0.05, 0.1) is 57.9 Å². The fraction of sp³-hybridized carbons (Fsp3) is 0.500. The lowest BCUT2D eigenvalue weighted by Crippen LogP contribution is -2.55. The number of ketones is 1. The third kappa shape index (κ3) is 16.0. The van der Waals surface area contributed by atoms with Crippen molar-refractivity contribution in [1.82, 2.24) is 45.3 Å². The minimum Gasteiger partial charge on any atom is -0.391 e. The second-order valence-corrected chi connectivity index (χ2v) is 24.1. The highest BCUT2D eigenvalue weighted by Crippen LogP contribution is 2.38. The van der Waals surface area contributed by atoms with E-state index in [1.54, 1.807) is 21.7 Å². The van der Waals surface area contributed by atoms with Crippen molar-refractivity contribution in [3.8, 4) is 21.6 Å². The number of carbonyl (C=O) groups is 6. The number of Topliss-reactive ketones (excluding diaryl/α,β-unsaturated/α-hetero) is 1. The van der Waals surface area contributed by atoms with E-state index in [9.17, 15) is 51.8 Å². The van der Waals surface area contributed by atoms with Gasteiger partial charge in [-0.15, -0.1) is 11.3 Å². The molecular formula is C60H74F4N12O9S. The zero-order valence-corrected chi connectivity index (χ0v) is 50.1. The van der Waals surface area contributed by atoms with Crippen LogP contribution >= 0.6 is 11.3 Å². The Labute approximate surface area is 499 Å². The van der Waals surface area contributed by atoms with Crippen molar-refractivity contribution in [3.05, 3.63) is 105 Å². The van der Waals surface area contributed by atoms with E-state index in [0.717, 1.165) is 21.7 Å². The van der Waals surface area contributed by atoms with Gasteiger partial charge in [-0.05, 0) is 56.5 Å². The van der Waals surface area contributed by atoms with Gasteiger partial charge in [0, 0.05) is 145 Å². The maximum atomic E-state index is 16.2. The number of carbonyl (C=O) groups excluding carboxylic acids is 6. The summed E-state index contributed by atoms with van der Waals surface area (Å²) in [5.74, 6) is -3.90. The lowest BCUT2D eigenvalue weighted by atomic mass is 9.76. The number of β-amino-alcohol motifs (C(OH)–C–C–N with tert-alkyl or cyclic N) is 1. The molecule has 5 amide bonds. The Morgan fingerprint density at radius 1 is 0.860 bits per heavy atom. The van der Waals surface area contributed by atoms with Crippen LogP contribution < -0.4 is 31.3 Å². The number of likely N-dealkylation sites (N-methyl/N-ethyl adjacent to an activating group) is 1. The van der Waals surface area contributed by atoms with Crippen LogP contribution in [0.3, 0.4) is 0 Å². The number of aryl methyl sites for hydroxylation is 1. The summed E-state index contributed by atoms with van der Waals surface area (Å²) >= 11 is 1.55. The lowest BCUT2D eigenvalue weighted by Gasteiger charge is -2.44. The molecule has 21 nitrogen and oxygen atoms in total. The highest BCUT2D eigenvalue weighted by molar-refractivity contribution is 7.13. The number of rotatable bonds is 21. The van der Waals surface area contributed by atoms with E-state index in [1.165, 1.54) is 29.4 Å². The van der Waals surface area contributed by atoms with Crippen molar-refractivity contribution in [1.29, 1.82) is 0 Å². The maximum absolute atomic E-state index is 16.2. The molecule has 3 aromatic heterocycles. The third-order valence-electron chi connectivity index (χ3n) is 16.1. The lowest BCUT2D eigenvalue weighted by molar-refractivity contribution is -0.146. The highest BCUT2D eigenvalue weighted by atomic mass is 32.1. The van der Waals surface area contributed by atoms with Gasteiger partial charge in [0.2, 0.25) is 35.1 Å². The number of aliphatic hydroxyl groups excluding tert-OH is 1. The van der Waals surface area contributed by atoms with Crippen LogP contribution in [0.2, 0.25) is 0 Å². The molecule has 86 heavy (non-hydrogen) atoms. The molecule has 0 unspecified atom stereocenters. The van der Waals surface area contributed by atoms with Gasteiger partial charge in [0.1, 0.15) is 17.6 Å². The summed E-state index contributed by atoms with van der Waals surface area (Å²) in [6.45, 7) is 14.1. The minimum absolute atomic E-state index is 0.00758. The fourth-order valence-electron chi connectivity index (χ4n) is 10.9. The first-order valence-corrected chi connectivity index (χ1v) is 29.5. The van der Waals surface area contributed by atoms with E-state index in [4.69, 9.17) is 4.74 Å². The fourth-order valence-corrected chi connectivity index (χ4v) is 11.7. The van der Waals surface area contributed by atoms with Crippen molar-refractivity contribution < 1.29 is 56.2 Å². The van der Waals surface area contributed by atoms with Crippen LogP contribution in [-0.2, 0) is 41.4 Å². The Morgan fingerprint density at radius 2 is 1.55 bits per heavy atom. The Kier molecular flexibility index (Phi) is 20.8. The quantitative estimate of drug-likeness (QED) is 0.0414. The summed E-state index contributed by atoms with van der Waals surface area (Å²) in [6.07, 6.45) is -2.55. The van der Waals surface area contributed by atoms with E-state index in [2.05, 4.69) is 40.8 Å². The van der Waals surface area contributed by atoms with Gasteiger partial charge in [0.15, 0.2) is 0 Å². The number of piperazine rings is 2. The number of alkyl halides is 3. The Balaban J connectivity index is 0.757. The van der Waals surface area contributed by atoms with Crippen LogP contribution in [0.15, 0.2) is 71.4 Å². The highest BCUT2D eigenvalue weighted by Gasteiger charge is 2.45. The molecule has 462 valence electrons. The summed E-state index contributed by atoms with van der Waals surface area (Å²) in [5, 5.41) is 18.8. The molecule has 0 bridgehead atoms. The van der Waals surface area contributed by atoms with Gasteiger partial charge in [-0.25, -0.2) is 19.3 Å². The van der Waals surface area contributed by atoms with Crippen LogP contribution in [0.4, 0.5) is 34.9 Å². The van der Waals surface area contributed by atoms with Gasteiger partial charge >= 0.3 is 6.18 Å². The molecule has 0 spiro atoms. The molecule has 0 radical (unpaired) electrons. The first-order valence-electron chi connectivity index (χ1n) is 28.6. The number of pyridine rings is 1. The Hall–Kier alpha value is -7.68. The number of amides is 5. The first kappa shape index (κ1) is 64.3. The van der Waals surface area contributed by atoms with E-state index in [1.807, 2.05) is 82.7 Å². The SMILES string of the molecule is Cc1ncsc1-c1ccc(CNC(=O)[C@@H]2C[C@@H](O)CN2C(=O)[C@@H](CC(=O)CCOCCNC(=O)CCC(=O)N2CCN(c3ncc(-c4cc(NC(=O)c5c[nH]c(=O)cc5C(F)(F)F)c(N5C[C@@H](C)N(C)[C@@H](C)C5)cc4F)cn3)CC2)C(C)(C)C)cc1. The molecule has 3 aliphatic rings. The largest absolute Gasteiger partial charge is 0.417 e. The summed E-state index contributed by atoms with van der Waals surface area (Å²) in [6, 6.07) is 9.76. The summed E-state index contributed by atoms with van der Waals surface area (Å²) in [4.78, 5) is 117. The summed E-state index contributed by atoms with van der Waals surface area (Å²) in [7, 11) is 1.95. The van der Waals surface area contributed by atoms with Crippen molar-refractivity contribution in [2.45, 2.75) is 111 Å². The number of H-pyrrole nitrogens is 1. The second kappa shape index (κ2) is 27.8. The molecule has 8 rings (SSSR count). The van der Waals surface area contributed by atoms with Crippen LogP contribution in [0.1, 0.15) is 93.9 Å². The van der Waals surface area contributed by atoms with Crippen molar-refractivity contribution in [2.75, 3.05) is 87.7 Å². The van der Waals surface area contributed by atoms with Crippen LogP contribution in [0, 0.1) is 24.1 Å². The van der Waals surface area contributed by atoms with E-state index in [0.29, 0.717) is 57.5 Å². The van der Waals surface area contributed by atoms with E-state index in [-0.39, 0.29) is 129 Å². The molecule has 0 saturated carbocycles. The number of benzene rings is 2. The molecule has 26 heteroatoms. The predicted molar refractivity (Wildman–Crippen MR) is 316 cm³/mol. The Bertz CT molecular complexity index is 3300. The number of nitrogens with one attached hydrogen (secondary N) is 4. The smallest absolute Gasteiger partial charge is 0.391 e. The molecule has 5 atom stereocenters. The number of thiazole rings is 1. The standard InChI is InChI=1S/C60H74F4N12O9S/c1-35-31-75(32-36(2)72(35)7)49-26-47(61)43(24-48(49)71-55(82)44-30-66-52(80)25-45(44)60(62,63)64)40-28-68-58(69-29-40)74-18-16-73(17-19-74)53(81)13-12-51(79)65-15-21-85-20-14-41(77)22-46(59(4,5)6)57(84)76-33-42(78)23-50(76)56(83)67-27-38-8-10-39(11-9-38)54-37(3)70-34-86-54/h8-11,24-26,28-30,34-36,42,46,50,78H,12-23,27,31-33H2,1-7H3,(H,65,79)(H,66,80)(H,67,83)(H,71,82)/t35-,36+,42-,46-,50+/m1/s1. The molecule has 3 saturated heterocycles. The third-order valence-corrected chi connectivity index (χ3v) is 17.1. The summed E-state index contributed by atoms with van der Waals surface area (Å²) in [5.41, 5.74) is 1.16. The maximum Gasteiger partial charge on any atom is 0.417 e. The number of hydrogen-bond donors (Lipinski definition) is 5. The molecule has 6 heterocycles. The number of halogens is 4. The van der Waals surface area contributed by atoms with E-state index >= 15 is 4.39 Å². The number of aromatic amines is 1. The Morgan fingerprint density at radius 3 is 2.19 bits per heavy atom. The van der Waals surface area contributed by atoms with Crippen molar-refractivity contribution in [2.24, 2.45) is 11.3 Å².